The number of β-lactam (4-membered cyclic amide) rings is 1. The van der Waals surface area contributed by atoms with Gasteiger partial charge in [0.05, 0.1) is 18.5 Å². The Morgan fingerprint density at radius 3 is 2.92 bits per heavy atom. The zero-order chi connectivity index (χ0) is 9.47. The third-order valence-electron chi connectivity index (χ3n) is 2.78. The van der Waals surface area contributed by atoms with Gasteiger partial charge >= 0.3 is 0 Å². The Morgan fingerprint density at radius 2 is 2.38 bits per heavy atom. The smallest absolute Gasteiger partial charge is 0.236 e. The van der Waals surface area contributed by atoms with E-state index in [0.29, 0.717) is 13.0 Å². The van der Waals surface area contributed by atoms with Crippen molar-refractivity contribution in [2.45, 2.75) is 18.4 Å². The number of rotatable bonds is 1. The molecule has 2 rings (SSSR count). The molecule has 2 saturated heterocycles. The maximum Gasteiger partial charge on any atom is 0.236 e. The van der Waals surface area contributed by atoms with Crippen LogP contribution in [0.25, 0.3) is 0 Å². The SMILES string of the molecule is NCC(=O)N1CCC2(CC(=O)N2)C1. The predicted octanol–water partition coefficient (Wildman–Crippen LogP) is -1.56. The van der Waals surface area contributed by atoms with E-state index < -0.39 is 0 Å². The topological polar surface area (TPSA) is 75.4 Å². The molecule has 2 amide bonds. The lowest BCUT2D eigenvalue weighted by Crippen LogP contribution is -2.62. The third kappa shape index (κ3) is 1.29. The van der Waals surface area contributed by atoms with Gasteiger partial charge in [0.2, 0.25) is 11.8 Å². The van der Waals surface area contributed by atoms with Crippen molar-refractivity contribution in [3.8, 4) is 0 Å². The molecule has 1 unspecified atom stereocenters. The third-order valence-corrected chi connectivity index (χ3v) is 2.78. The van der Waals surface area contributed by atoms with Crippen LogP contribution in [0.3, 0.4) is 0 Å². The molecule has 5 heteroatoms. The molecule has 1 atom stereocenters. The normalized spacial score (nSPS) is 31.8. The van der Waals surface area contributed by atoms with Crippen LogP contribution in [0, 0.1) is 0 Å². The van der Waals surface area contributed by atoms with E-state index in [4.69, 9.17) is 5.73 Å². The van der Waals surface area contributed by atoms with Crippen LogP contribution in [0.5, 0.6) is 0 Å². The fourth-order valence-electron chi connectivity index (χ4n) is 2.05. The van der Waals surface area contributed by atoms with Crippen LogP contribution in [-0.2, 0) is 9.59 Å². The summed E-state index contributed by atoms with van der Waals surface area (Å²) in [5.41, 5.74) is 5.14. The largest absolute Gasteiger partial charge is 0.348 e. The van der Waals surface area contributed by atoms with Crippen LogP contribution in [0.2, 0.25) is 0 Å². The molecule has 72 valence electrons. The van der Waals surface area contributed by atoms with Crippen LogP contribution in [0.15, 0.2) is 0 Å². The van der Waals surface area contributed by atoms with Crippen molar-refractivity contribution in [2.24, 2.45) is 5.73 Å². The number of nitrogens with two attached hydrogens (primary N) is 1. The van der Waals surface area contributed by atoms with E-state index in [1.165, 1.54) is 0 Å². The Morgan fingerprint density at radius 1 is 1.69 bits per heavy atom. The highest BCUT2D eigenvalue weighted by molar-refractivity contribution is 5.86. The summed E-state index contributed by atoms with van der Waals surface area (Å²) in [6, 6.07) is 0. The van der Waals surface area contributed by atoms with Gasteiger partial charge in [-0.3, -0.25) is 9.59 Å². The van der Waals surface area contributed by atoms with Crippen molar-refractivity contribution in [1.82, 2.24) is 10.2 Å². The van der Waals surface area contributed by atoms with Gasteiger partial charge in [-0.25, -0.2) is 0 Å². The standard InChI is InChI=1S/C8H13N3O2/c9-4-7(13)11-2-1-8(5-11)3-6(12)10-8/h1-5,9H2,(H,10,12). The zero-order valence-electron chi connectivity index (χ0n) is 7.38. The first kappa shape index (κ1) is 8.50. The number of amides is 2. The average Bonchev–Trinajstić information content (AvgIpc) is 2.47. The van der Waals surface area contributed by atoms with E-state index >= 15 is 0 Å². The fourth-order valence-corrected chi connectivity index (χ4v) is 2.05. The van der Waals surface area contributed by atoms with Gasteiger partial charge in [-0.1, -0.05) is 0 Å². The van der Waals surface area contributed by atoms with Crippen molar-refractivity contribution in [3.63, 3.8) is 0 Å². The van der Waals surface area contributed by atoms with Gasteiger partial charge in [0.25, 0.3) is 0 Å². The van der Waals surface area contributed by atoms with E-state index in [-0.39, 0.29) is 23.9 Å². The maximum atomic E-state index is 11.2. The van der Waals surface area contributed by atoms with Crippen molar-refractivity contribution < 1.29 is 9.59 Å². The molecule has 3 N–H and O–H groups in total. The number of nitrogens with one attached hydrogen (secondary N) is 1. The molecule has 0 bridgehead atoms. The van der Waals surface area contributed by atoms with E-state index in [0.717, 1.165) is 13.0 Å². The molecule has 2 aliphatic rings. The van der Waals surface area contributed by atoms with E-state index in [9.17, 15) is 9.59 Å². The van der Waals surface area contributed by atoms with E-state index in [2.05, 4.69) is 5.32 Å². The van der Waals surface area contributed by atoms with Crippen LogP contribution < -0.4 is 11.1 Å². The molecule has 13 heavy (non-hydrogen) atoms. The molecule has 0 aliphatic carbocycles. The quantitative estimate of drug-likeness (QED) is 0.482. The van der Waals surface area contributed by atoms with Crippen molar-refractivity contribution in [1.29, 1.82) is 0 Å². The molecule has 1 spiro atoms. The van der Waals surface area contributed by atoms with Gasteiger partial charge in [0, 0.05) is 13.1 Å². The molecule has 5 nitrogen and oxygen atoms in total. The van der Waals surface area contributed by atoms with Crippen LogP contribution in [0.4, 0.5) is 0 Å². The van der Waals surface area contributed by atoms with Gasteiger partial charge in [-0.05, 0) is 6.42 Å². The summed E-state index contributed by atoms with van der Waals surface area (Å²) in [4.78, 5) is 23.7. The Labute approximate surface area is 76.3 Å². The van der Waals surface area contributed by atoms with Crippen molar-refractivity contribution in [3.05, 3.63) is 0 Å². The summed E-state index contributed by atoms with van der Waals surface area (Å²) in [5.74, 6) is 0.0556. The number of carbonyl (C=O) groups is 2. The lowest BCUT2D eigenvalue weighted by molar-refractivity contribution is -0.134. The summed E-state index contributed by atoms with van der Waals surface area (Å²) >= 11 is 0. The molecular weight excluding hydrogens is 170 g/mol. The summed E-state index contributed by atoms with van der Waals surface area (Å²) in [7, 11) is 0. The summed E-state index contributed by atoms with van der Waals surface area (Å²) in [6.45, 7) is 1.41. The lowest BCUT2D eigenvalue weighted by Gasteiger charge is -2.38. The summed E-state index contributed by atoms with van der Waals surface area (Å²) in [5, 5.41) is 2.85. The maximum absolute atomic E-state index is 11.2. The molecule has 2 fully saturated rings. The zero-order valence-corrected chi connectivity index (χ0v) is 7.38. The Balaban J connectivity index is 1.95. The van der Waals surface area contributed by atoms with Crippen LogP contribution in [0.1, 0.15) is 12.8 Å². The second-order valence-electron chi connectivity index (χ2n) is 3.77. The highest BCUT2D eigenvalue weighted by Crippen LogP contribution is 2.30. The number of likely N-dealkylation sites (tertiary alicyclic amines) is 1. The molecule has 0 aromatic carbocycles. The first-order valence-corrected chi connectivity index (χ1v) is 4.44. The Bertz CT molecular complexity index is 256. The summed E-state index contributed by atoms with van der Waals surface area (Å²) < 4.78 is 0. The predicted molar refractivity (Wildman–Crippen MR) is 45.7 cm³/mol. The molecule has 2 heterocycles. The second-order valence-corrected chi connectivity index (χ2v) is 3.77. The van der Waals surface area contributed by atoms with Gasteiger partial charge in [0.15, 0.2) is 0 Å². The van der Waals surface area contributed by atoms with Crippen molar-refractivity contribution in [2.75, 3.05) is 19.6 Å². The number of hydrogen-bond donors (Lipinski definition) is 2. The first-order valence-electron chi connectivity index (χ1n) is 4.44. The van der Waals surface area contributed by atoms with Gasteiger partial charge in [-0.15, -0.1) is 0 Å². The second kappa shape index (κ2) is 2.70. The average molecular weight is 183 g/mol. The van der Waals surface area contributed by atoms with Gasteiger partial charge in [0.1, 0.15) is 0 Å². The fraction of sp³-hybridized carbons (Fsp3) is 0.750. The van der Waals surface area contributed by atoms with E-state index in [1.807, 2.05) is 0 Å². The monoisotopic (exact) mass is 183 g/mol. The van der Waals surface area contributed by atoms with Crippen molar-refractivity contribution >= 4 is 11.8 Å². The van der Waals surface area contributed by atoms with E-state index in [1.54, 1.807) is 4.90 Å². The van der Waals surface area contributed by atoms with Crippen LogP contribution in [-0.4, -0.2) is 41.9 Å². The lowest BCUT2D eigenvalue weighted by atomic mass is 9.86. The number of hydrogen-bond acceptors (Lipinski definition) is 3. The summed E-state index contributed by atoms with van der Waals surface area (Å²) in [6.07, 6.45) is 1.42. The minimum Gasteiger partial charge on any atom is -0.348 e. The first-order chi connectivity index (χ1) is 6.15. The molecule has 2 aliphatic heterocycles. The molecule has 0 aromatic rings. The molecule has 0 radical (unpaired) electrons. The van der Waals surface area contributed by atoms with Crippen LogP contribution >= 0.6 is 0 Å². The number of carbonyl (C=O) groups excluding carboxylic acids is 2. The Hall–Kier alpha value is -1.10. The minimum absolute atomic E-state index is 0.0296. The molecular formula is C8H13N3O2. The highest BCUT2D eigenvalue weighted by atomic mass is 16.2. The minimum atomic E-state index is -0.109. The molecule has 0 aromatic heterocycles. The van der Waals surface area contributed by atoms with Gasteiger partial charge < -0.3 is 16.0 Å². The Kier molecular flexibility index (Phi) is 1.76. The highest BCUT2D eigenvalue weighted by Gasteiger charge is 2.48. The number of nitrogens with zero attached hydrogens (tertiary/aromatic N) is 1. The van der Waals surface area contributed by atoms with Gasteiger partial charge in [-0.2, -0.15) is 0 Å². The molecule has 0 saturated carbocycles.